The second-order valence-corrected chi connectivity index (χ2v) is 26.6. The minimum Gasteiger partial charge on any atom is -0.543 e. The number of piperidine rings is 2. The number of hydrogen-bond donors (Lipinski definition) is 1. The van der Waals surface area contributed by atoms with Crippen molar-refractivity contribution < 1.29 is 46.8 Å². The van der Waals surface area contributed by atoms with Crippen molar-refractivity contribution in [3.63, 3.8) is 0 Å². The number of hydrogen-bond acceptors (Lipinski definition) is 12. The number of carbonyl (C=O) groups excluding carboxylic acids is 2. The summed E-state index contributed by atoms with van der Waals surface area (Å²) >= 11 is 0. The zero-order chi connectivity index (χ0) is 51.8. The van der Waals surface area contributed by atoms with Gasteiger partial charge in [0.25, 0.3) is 0 Å². The van der Waals surface area contributed by atoms with Crippen molar-refractivity contribution in [3.05, 3.63) is 84.7 Å². The number of carbonyl (C=O) groups is 2. The van der Waals surface area contributed by atoms with E-state index >= 15 is 8.78 Å². The molecule has 6 heterocycles. The highest BCUT2D eigenvalue weighted by Gasteiger charge is 2.39. The highest BCUT2D eigenvalue weighted by atomic mass is 28.4. The van der Waals surface area contributed by atoms with E-state index in [9.17, 15) is 14.7 Å². The lowest BCUT2D eigenvalue weighted by molar-refractivity contribution is 0.0535. The number of ether oxygens (including phenoxy) is 4. The van der Waals surface area contributed by atoms with Crippen molar-refractivity contribution in [1.29, 1.82) is 0 Å². The quantitative estimate of drug-likeness (QED) is 0.115. The number of phenols is 1. The Hall–Kier alpha value is -6.04. The van der Waals surface area contributed by atoms with Gasteiger partial charge in [-0.15, -0.1) is 0 Å². The number of aromatic nitrogens is 4. The SMILES string of the molecule is COC1CCCN(c2ccc(-c3cc4cc(O)ccc4n3C(=O)OC(C)(C)C)c(F)n2)C1.COC1CCCN(c2ccc(-c3cc4cc(O[Si](C)(C)C(C)(C)C)ccc4n3C(=O)OC(C)(C)C)c(F)n2)C1. The van der Waals surface area contributed by atoms with Crippen molar-refractivity contribution in [2.24, 2.45) is 0 Å². The van der Waals surface area contributed by atoms with E-state index in [0.29, 0.717) is 52.5 Å². The first kappa shape index (κ1) is 52.8. The van der Waals surface area contributed by atoms with E-state index in [1.54, 1.807) is 77.5 Å². The molecule has 4 aromatic heterocycles. The zero-order valence-corrected chi connectivity index (χ0v) is 44.5. The van der Waals surface area contributed by atoms with E-state index in [0.717, 1.165) is 49.9 Å². The Labute approximate surface area is 416 Å². The fourth-order valence-corrected chi connectivity index (χ4v) is 9.60. The molecule has 0 amide bonds. The van der Waals surface area contributed by atoms with E-state index in [1.807, 2.05) is 48.8 Å². The van der Waals surface area contributed by atoms with E-state index in [2.05, 4.69) is 43.8 Å². The van der Waals surface area contributed by atoms with Crippen molar-refractivity contribution in [3.8, 4) is 34.0 Å². The molecule has 8 rings (SSSR count). The van der Waals surface area contributed by atoms with Crippen LogP contribution in [0.2, 0.25) is 18.1 Å². The monoisotopic (exact) mass is 996 g/mol. The molecule has 2 atom stereocenters. The molecule has 2 aliphatic heterocycles. The van der Waals surface area contributed by atoms with E-state index < -0.39 is 43.6 Å². The zero-order valence-electron chi connectivity index (χ0n) is 43.5. The van der Waals surface area contributed by atoms with E-state index in [4.69, 9.17) is 23.4 Å². The van der Waals surface area contributed by atoms with Crippen molar-refractivity contribution in [2.75, 3.05) is 50.2 Å². The van der Waals surface area contributed by atoms with E-state index in [1.165, 1.54) is 21.3 Å². The summed E-state index contributed by atoms with van der Waals surface area (Å²) in [5.41, 5.74) is 0.776. The molecule has 2 unspecified atom stereocenters. The molecule has 2 saturated heterocycles. The van der Waals surface area contributed by atoms with Gasteiger partial charge in [-0.25, -0.2) is 28.7 Å². The third-order valence-electron chi connectivity index (χ3n) is 13.2. The van der Waals surface area contributed by atoms with Crippen LogP contribution in [0.25, 0.3) is 44.3 Å². The van der Waals surface area contributed by atoms with Gasteiger partial charge in [-0.2, -0.15) is 8.78 Å². The molecule has 0 saturated carbocycles. The summed E-state index contributed by atoms with van der Waals surface area (Å²) in [4.78, 5) is 39.0. The van der Waals surface area contributed by atoms with Crippen LogP contribution in [0.5, 0.6) is 11.5 Å². The lowest BCUT2D eigenvalue weighted by Crippen LogP contribution is -2.43. The molecule has 71 heavy (non-hydrogen) atoms. The van der Waals surface area contributed by atoms with Crippen molar-refractivity contribution in [2.45, 2.75) is 130 Å². The Balaban J connectivity index is 0.000000213. The molecule has 6 aromatic rings. The van der Waals surface area contributed by atoms with Gasteiger partial charge in [0.05, 0.1) is 45.8 Å². The largest absolute Gasteiger partial charge is 0.543 e. The number of anilines is 2. The molecule has 0 bridgehead atoms. The summed E-state index contributed by atoms with van der Waals surface area (Å²) in [5, 5.41) is 11.3. The summed E-state index contributed by atoms with van der Waals surface area (Å²) in [6.07, 6.45) is 2.83. The van der Waals surface area contributed by atoms with Crippen molar-refractivity contribution in [1.82, 2.24) is 19.1 Å². The fourth-order valence-electron chi connectivity index (χ4n) is 8.57. The first-order valence-corrected chi connectivity index (χ1v) is 27.2. The maximum absolute atomic E-state index is 15.7. The lowest BCUT2D eigenvalue weighted by atomic mass is 10.1. The van der Waals surface area contributed by atoms with Gasteiger partial charge < -0.3 is 38.3 Å². The van der Waals surface area contributed by atoms with Gasteiger partial charge in [0, 0.05) is 51.2 Å². The summed E-state index contributed by atoms with van der Waals surface area (Å²) in [6.45, 7) is 24.6. The molecule has 0 radical (unpaired) electrons. The van der Waals surface area contributed by atoms with Crippen LogP contribution in [0.15, 0.2) is 72.8 Å². The lowest BCUT2D eigenvalue weighted by Gasteiger charge is -2.36. The normalized spacial score (nSPS) is 17.0. The van der Waals surface area contributed by atoms with Gasteiger partial charge >= 0.3 is 12.2 Å². The molecule has 2 aliphatic rings. The predicted molar refractivity (Wildman–Crippen MR) is 277 cm³/mol. The number of pyridine rings is 2. The van der Waals surface area contributed by atoms with Gasteiger partial charge in [0.15, 0.2) is 0 Å². The highest BCUT2D eigenvalue weighted by molar-refractivity contribution is 6.74. The second kappa shape index (κ2) is 20.6. The Morgan fingerprint density at radius 3 is 1.48 bits per heavy atom. The predicted octanol–water partition coefficient (Wildman–Crippen LogP) is 12.6. The minimum atomic E-state index is -2.08. The standard InChI is InChI=1S/C30H42FN3O4Si.C24H28FN3O4/c1-29(2,3)37-28(35)34-24-14-12-21(38-39(8,9)30(4,5)6)17-20(24)18-25(34)23-13-15-26(32-27(23)31)33-16-10-11-22(19-33)36-7;1-24(2,3)32-23(30)28-19-9-7-16(29)12-15(19)13-20(28)18-8-10-21(26-22(18)25)27-11-5-6-17(14-27)31-4/h12-15,17-18,22H,10-11,16,19H2,1-9H3;7-10,12-13,17,29H,5-6,11,14H2,1-4H3. The summed E-state index contributed by atoms with van der Waals surface area (Å²) < 4.78 is 62.4. The van der Waals surface area contributed by atoms with Crippen LogP contribution >= 0.6 is 0 Å². The second-order valence-electron chi connectivity index (χ2n) is 21.9. The van der Waals surface area contributed by atoms with Crippen LogP contribution in [0.1, 0.15) is 88.0 Å². The molecule has 1 N–H and O–H groups in total. The van der Waals surface area contributed by atoms with E-state index in [-0.39, 0.29) is 34.1 Å². The van der Waals surface area contributed by atoms with Gasteiger partial charge in [0.1, 0.15) is 34.3 Å². The van der Waals surface area contributed by atoms with Crippen LogP contribution in [0, 0.1) is 11.9 Å². The average molecular weight is 997 g/mol. The Bertz CT molecular complexity index is 2900. The molecular formula is C54H70F2N6O8Si. The number of fused-ring (bicyclic) bond motifs is 2. The van der Waals surface area contributed by atoms with Gasteiger partial charge in [-0.1, -0.05) is 20.8 Å². The molecule has 17 heteroatoms. The van der Waals surface area contributed by atoms with Gasteiger partial charge in [0.2, 0.25) is 20.2 Å². The summed E-state index contributed by atoms with van der Waals surface area (Å²) in [6, 6.07) is 20.6. The first-order valence-electron chi connectivity index (χ1n) is 24.3. The fraction of sp³-hybridized carbons (Fsp3) is 0.481. The van der Waals surface area contributed by atoms with Gasteiger partial charge in [-0.05, 0) is 158 Å². The number of nitrogens with zero attached hydrogens (tertiary/aromatic N) is 6. The first-order chi connectivity index (χ1) is 33.3. The minimum absolute atomic E-state index is 0.0315. The summed E-state index contributed by atoms with van der Waals surface area (Å²) in [7, 11) is 1.30. The maximum atomic E-state index is 15.7. The average Bonchev–Trinajstić information content (AvgIpc) is 3.86. The number of phenolic OH excluding ortho intramolecular Hbond substituents is 1. The molecule has 2 aromatic carbocycles. The number of rotatable bonds is 8. The molecule has 0 aliphatic carbocycles. The molecule has 382 valence electrons. The smallest absolute Gasteiger partial charge is 0.419 e. The molecule has 0 spiro atoms. The van der Waals surface area contributed by atoms with Crippen LogP contribution in [0.3, 0.4) is 0 Å². The van der Waals surface area contributed by atoms with Gasteiger partial charge in [-0.3, -0.25) is 0 Å². The third kappa shape index (κ3) is 12.2. The van der Waals surface area contributed by atoms with Crippen LogP contribution < -0.4 is 14.2 Å². The summed E-state index contributed by atoms with van der Waals surface area (Å²) in [5.74, 6) is 0.552. The Morgan fingerprint density at radius 1 is 0.634 bits per heavy atom. The third-order valence-corrected chi connectivity index (χ3v) is 17.5. The number of halogens is 2. The molecular weight excluding hydrogens is 927 g/mol. The van der Waals surface area contributed by atoms with Crippen molar-refractivity contribution >= 4 is 53.9 Å². The number of aromatic hydroxyl groups is 1. The van der Waals surface area contributed by atoms with Crippen LogP contribution in [-0.2, 0) is 18.9 Å². The topological polar surface area (TPSA) is 143 Å². The molecule has 14 nitrogen and oxygen atoms in total. The maximum Gasteiger partial charge on any atom is 0.419 e. The number of methoxy groups -OCH3 is 2. The Kier molecular flexibility index (Phi) is 15.3. The van der Waals surface area contributed by atoms with Crippen LogP contribution in [0.4, 0.5) is 30.0 Å². The Morgan fingerprint density at radius 2 is 1.07 bits per heavy atom. The van der Waals surface area contributed by atoms with Crippen LogP contribution in [-0.4, -0.2) is 109 Å². The molecule has 2 fully saturated rings. The highest BCUT2D eigenvalue weighted by Crippen LogP contribution is 2.40. The number of benzene rings is 2.